The van der Waals surface area contributed by atoms with Crippen molar-refractivity contribution in [3.05, 3.63) is 60.1 Å². The van der Waals surface area contributed by atoms with Gasteiger partial charge in [0.2, 0.25) is 0 Å². The van der Waals surface area contributed by atoms with E-state index in [-0.39, 0.29) is 0 Å². The van der Waals surface area contributed by atoms with E-state index in [0.717, 1.165) is 63.0 Å². The first-order chi connectivity index (χ1) is 15.8. The van der Waals surface area contributed by atoms with Crippen molar-refractivity contribution in [2.75, 3.05) is 32.6 Å². The average molecular weight is 465 g/mol. The van der Waals surface area contributed by atoms with E-state index in [1.807, 2.05) is 19.2 Å². The number of thiazole rings is 1. The Labute approximate surface area is 202 Å². The Balaban J connectivity index is 1.89. The van der Waals surface area contributed by atoms with Gasteiger partial charge in [-0.05, 0) is 52.3 Å². The number of piperidine rings is 1. The summed E-state index contributed by atoms with van der Waals surface area (Å²) in [5.74, 6) is 0. The standard InChI is InChI=1S/C26H36N6S/c1-9-20(15-27-6)19(5)28-16-21(10-2)24-17(3)13-23-25(30-24)33-26(29-23)32(8)22-11-12-31(7)18(4)14-22/h9-10,13,15-16,18,22,28H,1-2,11-12,14H2,3-8H3/b20-19+,21-16+,27-15?. The van der Waals surface area contributed by atoms with Crippen LogP contribution < -0.4 is 10.2 Å². The third-order valence-electron chi connectivity index (χ3n) is 6.45. The molecule has 1 aliphatic rings. The molecule has 0 radical (unpaired) electrons. The Bertz CT molecular complexity index is 1110. The Morgan fingerprint density at radius 1 is 1.33 bits per heavy atom. The molecule has 0 amide bonds. The molecule has 1 N–H and O–H groups in total. The largest absolute Gasteiger partial charge is 0.364 e. The number of fused-ring (bicyclic) bond motifs is 1. The molecule has 0 aliphatic carbocycles. The molecule has 2 atom stereocenters. The molecule has 7 heteroatoms. The second kappa shape index (κ2) is 10.9. The Hall–Kier alpha value is -2.77. The van der Waals surface area contributed by atoms with E-state index in [0.29, 0.717) is 12.1 Å². The fourth-order valence-corrected chi connectivity index (χ4v) is 5.06. The number of anilines is 1. The number of aliphatic imine (C=N–C) groups is 1. The van der Waals surface area contributed by atoms with Gasteiger partial charge in [0, 0.05) is 62.0 Å². The molecule has 0 saturated carbocycles. The van der Waals surface area contributed by atoms with Gasteiger partial charge in [-0.15, -0.1) is 0 Å². The number of nitrogens with one attached hydrogen (secondary N) is 1. The van der Waals surface area contributed by atoms with Gasteiger partial charge in [0.15, 0.2) is 5.13 Å². The molecule has 1 aliphatic heterocycles. The molecule has 33 heavy (non-hydrogen) atoms. The van der Waals surface area contributed by atoms with Crippen molar-refractivity contribution in [1.82, 2.24) is 20.2 Å². The number of hydrogen-bond donors (Lipinski definition) is 1. The zero-order chi connectivity index (χ0) is 24.1. The summed E-state index contributed by atoms with van der Waals surface area (Å²) in [4.78, 5) is 19.7. The van der Waals surface area contributed by atoms with Crippen molar-refractivity contribution in [2.24, 2.45) is 4.99 Å². The van der Waals surface area contributed by atoms with E-state index in [2.05, 4.69) is 67.3 Å². The van der Waals surface area contributed by atoms with Crippen molar-refractivity contribution in [2.45, 2.75) is 45.7 Å². The van der Waals surface area contributed by atoms with Gasteiger partial charge in [-0.1, -0.05) is 36.6 Å². The van der Waals surface area contributed by atoms with Crippen LogP contribution in [0, 0.1) is 6.92 Å². The monoisotopic (exact) mass is 464 g/mol. The minimum absolute atomic E-state index is 0.505. The van der Waals surface area contributed by atoms with Crippen molar-refractivity contribution in [3.8, 4) is 0 Å². The number of allylic oxidation sites excluding steroid dienone is 5. The second-order valence-electron chi connectivity index (χ2n) is 8.71. The zero-order valence-electron chi connectivity index (χ0n) is 20.7. The van der Waals surface area contributed by atoms with E-state index < -0.39 is 0 Å². The van der Waals surface area contributed by atoms with Gasteiger partial charge in [-0.2, -0.15) is 0 Å². The molecule has 176 valence electrons. The number of aromatic nitrogens is 2. The van der Waals surface area contributed by atoms with Crippen LogP contribution in [0.25, 0.3) is 15.9 Å². The molecule has 1 fully saturated rings. The highest BCUT2D eigenvalue weighted by atomic mass is 32.1. The first kappa shape index (κ1) is 24.9. The molecule has 2 aromatic heterocycles. The predicted molar refractivity (Wildman–Crippen MR) is 144 cm³/mol. The third kappa shape index (κ3) is 5.60. The van der Waals surface area contributed by atoms with Crippen LogP contribution in [-0.2, 0) is 0 Å². The van der Waals surface area contributed by atoms with Crippen LogP contribution in [0.2, 0.25) is 0 Å². The Morgan fingerprint density at radius 3 is 2.73 bits per heavy atom. The number of nitrogens with zero attached hydrogens (tertiary/aromatic N) is 5. The maximum atomic E-state index is 4.98. The van der Waals surface area contributed by atoms with Gasteiger partial charge >= 0.3 is 0 Å². The summed E-state index contributed by atoms with van der Waals surface area (Å²) < 4.78 is 0. The summed E-state index contributed by atoms with van der Waals surface area (Å²) in [6.07, 6.45) is 9.64. The predicted octanol–water partition coefficient (Wildman–Crippen LogP) is 5.20. The summed E-state index contributed by atoms with van der Waals surface area (Å²) >= 11 is 1.66. The van der Waals surface area contributed by atoms with Gasteiger partial charge in [0.1, 0.15) is 10.3 Å². The normalized spacial score (nSPS) is 20.7. The topological polar surface area (TPSA) is 56.7 Å². The number of aryl methyl sites for hydroxylation is 1. The Kier molecular flexibility index (Phi) is 8.21. The van der Waals surface area contributed by atoms with Gasteiger partial charge < -0.3 is 15.1 Å². The lowest BCUT2D eigenvalue weighted by Crippen LogP contribution is -2.46. The SMILES string of the molecule is C=C/C(=C\N/C(C)=C(\C=C)C=NC)c1nc2sc(N(C)C3CCN(C)C(C)C3)nc2cc1C. The van der Waals surface area contributed by atoms with Crippen LogP contribution in [0.5, 0.6) is 0 Å². The van der Waals surface area contributed by atoms with Crippen LogP contribution in [0.4, 0.5) is 5.13 Å². The molecule has 3 rings (SSSR count). The van der Waals surface area contributed by atoms with Crippen LogP contribution in [-0.4, -0.2) is 60.9 Å². The molecule has 0 aromatic carbocycles. The number of pyridine rings is 1. The fourth-order valence-electron chi connectivity index (χ4n) is 4.10. The first-order valence-electron chi connectivity index (χ1n) is 11.3. The van der Waals surface area contributed by atoms with Crippen LogP contribution >= 0.6 is 11.3 Å². The van der Waals surface area contributed by atoms with Crippen molar-refractivity contribution in [1.29, 1.82) is 0 Å². The Morgan fingerprint density at radius 2 is 2.09 bits per heavy atom. The lowest BCUT2D eigenvalue weighted by Gasteiger charge is -2.39. The summed E-state index contributed by atoms with van der Waals surface area (Å²) in [7, 11) is 6.12. The third-order valence-corrected chi connectivity index (χ3v) is 7.51. The molecule has 0 spiro atoms. The highest BCUT2D eigenvalue weighted by molar-refractivity contribution is 7.21. The smallest absolute Gasteiger partial charge is 0.187 e. The van der Waals surface area contributed by atoms with E-state index in [1.165, 1.54) is 0 Å². The van der Waals surface area contributed by atoms with Crippen LogP contribution in [0.1, 0.15) is 37.9 Å². The first-order valence-corrected chi connectivity index (χ1v) is 12.2. The zero-order valence-corrected chi connectivity index (χ0v) is 21.5. The molecule has 1 saturated heterocycles. The van der Waals surface area contributed by atoms with Crippen LogP contribution in [0.3, 0.4) is 0 Å². The highest BCUT2D eigenvalue weighted by Gasteiger charge is 2.27. The fraction of sp³-hybridized carbons (Fsp3) is 0.423. The molecule has 0 bridgehead atoms. The molecule has 2 unspecified atom stereocenters. The molecular formula is C26H36N6S. The molecule has 6 nitrogen and oxygen atoms in total. The minimum Gasteiger partial charge on any atom is -0.364 e. The second-order valence-corrected chi connectivity index (χ2v) is 9.67. The molecular weight excluding hydrogens is 428 g/mol. The van der Waals surface area contributed by atoms with Crippen molar-refractivity contribution in [3.63, 3.8) is 0 Å². The lowest BCUT2D eigenvalue weighted by atomic mass is 9.98. The quantitative estimate of drug-likeness (QED) is 0.430. The van der Waals surface area contributed by atoms with Crippen molar-refractivity contribution >= 4 is 38.6 Å². The van der Waals surface area contributed by atoms with E-state index in [4.69, 9.17) is 9.97 Å². The van der Waals surface area contributed by atoms with E-state index in [9.17, 15) is 0 Å². The highest BCUT2D eigenvalue weighted by Crippen LogP contribution is 2.33. The molecule has 2 aromatic rings. The minimum atomic E-state index is 0.505. The molecule has 3 heterocycles. The van der Waals surface area contributed by atoms with Crippen LogP contribution in [0.15, 0.2) is 53.8 Å². The number of rotatable bonds is 8. The van der Waals surface area contributed by atoms with Gasteiger partial charge in [0.25, 0.3) is 0 Å². The van der Waals surface area contributed by atoms with E-state index >= 15 is 0 Å². The maximum Gasteiger partial charge on any atom is 0.187 e. The van der Waals surface area contributed by atoms with Crippen molar-refractivity contribution < 1.29 is 0 Å². The summed E-state index contributed by atoms with van der Waals surface area (Å²) in [6, 6.07) is 3.22. The van der Waals surface area contributed by atoms with Gasteiger partial charge in [-0.3, -0.25) is 4.99 Å². The average Bonchev–Trinajstić information content (AvgIpc) is 3.21. The maximum absolute atomic E-state index is 4.98. The summed E-state index contributed by atoms with van der Waals surface area (Å²) in [5, 5.41) is 4.37. The van der Waals surface area contributed by atoms with Gasteiger partial charge in [-0.25, -0.2) is 9.97 Å². The van der Waals surface area contributed by atoms with Gasteiger partial charge in [0.05, 0.1) is 5.69 Å². The summed E-state index contributed by atoms with van der Waals surface area (Å²) in [6.45, 7) is 15.4. The number of hydrogen-bond acceptors (Lipinski definition) is 7. The van der Waals surface area contributed by atoms with E-state index in [1.54, 1.807) is 30.7 Å². The lowest BCUT2D eigenvalue weighted by molar-refractivity contribution is 0.181. The summed E-state index contributed by atoms with van der Waals surface area (Å²) in [5.41, 5.74) is 5.76. The number of likely N-dealkylation sites (tertiary alicyclic amines) is 1.